The molecule has 1 rings (SSSR count). The zero-order valence-corrected chi connectivity index (χ0v) is 27.9. The van der Waals surface area contributed by atoms with E-state index in [4.69, 9.17) is 9.47 Å². The molecule has 0 spiro atoms. The third kappa shape index (κ3) is 18.8. The number of aliphatic hydroxyl groups is 5. The highest BCUT2D eigenvalue weighted by atomic mass is 16.7. The van der Waals surface area contributed by atoms with Crippen LogP contribution < -0.4 is 5.32 Å². The molecular formula is C35H67NO8. The van der Waals surface area contributed by atoms with Crippen LogP contribution in [0.1, 0.15) is 149 Å². The molecule has 0 saturated carbocycles. The molecule has 0 aliphatic carbocycles. The van der Waals surface area contributed by atoms with Crippen molar-refractivity contribution < 1.29 is 39.8 Å². The first-order chi connectivity index (χ1) is 21.3. The number of hydrogen-bond acceptors (Lipinski definition) is 8. The summed E-state index contributed by atoms with van der Waals surface area (Å²) < 4.78 is 11.1. The van der Waals surface area contributed by atoms with Crippen molar-refractivity contribution in [3.63, 3.8) is 0 Å². The number of hydrogen-bond donors (Lipinski definition) is 6. The number of carbonyl (C=O) groups is 1. The maximum atomic E-state index is 12.7. The number of rotatable bonds is 28. The second-order valence-electron chi connectivity index (χ2n) is 12.7. The van der Waals surface area contributed by atoms with Crippen molar-refractivity contribution in [1.29, 1.82) is 0 Å². The van der Waals surface area contributed by atoms with Crippen LogP contribution in [0.3, 0.4) is 0 Å². The number of ether oxygens (including phenoxy) is 2. The predicted octanol–water partition coefficient (Wildman–Crippen LogP) is 5.44. The summed E-state index contributed by atoms with van der Waals surface area (Å²) in [7, 11) is 0. The van der Waals surface area contributed by atoms with Crippen LogP contribution in [-0.2, 0) is 14.3 Å². The molecule has 0 aromatic carbocycles. The van der Waals surface area contributed by atoms with Gasteiger partial charge in [0.25, 0.3) is 0 Å². The number of amides is 1. The average molecular weight is 630 g/mol. The monoisotopic (exact) mass is 629 g/mol. The predicted molar refractivity (Wildman–Crippen MR) is 175 cm³/mol. The fraction of sp³-hybridized carbons (Fsp3) is 0.914. The van der Waals surface area contributed by atoms with Gasteiger partial charge in [-0.05, 0) is 19.3 Å². The van der Waals surface area contributed by atoms with Crippen molar-refractivity contribution in [2.45, 2.75) is 192 Å². The Morgan fingerprint density at radius 3 is 1.77 bits per heavy atom. The summed E-state index contributed by atoms with van der Waals surface area (Å²) >= 11 is 0. The molecule has 6 N–H and O–H groups in total. The molecule has 1 amide bonds. The van der Waals surface area contributed by atoms with Crippen LogP contribution in [0, 0.1) is 0 Å². The minimum Gasteiger partial charge on any atom is -0.394 e. The molecule has 1 fully saturated rings. The summed E-state index contributed by atoms with van der Waals surface area (Å²) in [6.07, 6.45) is 19.8. The van der Waals surface area contributed by atoms with E-state index < -0.39 is 49.5 Å². The lowest BCUT2D eigenvalue weighted by Crippen LogP contribution is -2.60. The van der Waals surface area contributed by atoms with Gasteiger partial charge in [0.15, 0.2) is 6.29 Å². The van der Waals surface area contributed by atoms with Gasteiger partial charge in [-0.2, -0.15) is 0 Å². The first kappa shape index (κ1) is 41.0. The molecule has 0 radical (unpaired) electrons. The first-order valence-corrected chi connectivity index (χ1v) is 17.9. The number of allylic oxidation sites excluding steroid dienone is 1. The van der Waals surface area contributed by atoms with Crippen molar-refractivity contribution in [2.75, 3.05) is 13.2 Å². The van der Waals surface area contributed by atoms with Gasteiger partial charge in [-0.3, -0.25) is 4.79 Å². The molecule has 9 heteroatoms. The Bertz CT molecular complexity index is 706. The lowest BCUT2D eigenvalue weighted by molar-refractivity contribution is -0.302. The Labute approximate surface area is 267 Å². The van der Waals surface area contributed by atoms with Gasteiger partial charge in [-0.25, -0.2) is 0 Å². The number of aliphatic hydroxyl groups excluding tert-OH is 5. The number of carbonyl (C=O) groups excluding carboxylic acids is 1. The highest BCUT2D eigenvalue weighted by Gasteiger charge is 2.44. The maximum absolute atomic E-state index is 12.7. The van der Waals surface area contributed by atoms with Gasteiger partial charge in [-0.1, -0.05) is 135 Å². The van der Waals surface area contributed by atoms with Gasteiger partial charge in [0.1, 0.15) is 24.4 Å². The highest BCUT2D eigenvalue weighted by molar-refractivity contribution is 5.76. The Hall–Kier alpha value is -1.07. The first-order valence-electron chi connectivity index (χ1n) is 17.9. The highest BCUT2D eigenvalue weighted by Crippen LogP contribution is 2.22. The summed E-state index contributed by atoms with van der Waals surface area (Å²) in [6.45, 7) is 3.70. The molecule has 0 bridgehead atoms. The third-order valence-electron chi connectivity index (χ3n) is 8.61. The lowest BCUT2D eigenvalue weighted by atomic mass is 9.99. The Balaban J connectivity index is 2.50. The van der Waals surface area contributed by atoms with Crippen LogP contribution in [0.5, 0.6) is 0 Å². The normalized spacial score (nSPS) is 23.7. The molecule has 1 aliphatic heterocycles. The van der Waals surface area contributed by atoms with Crippen molar-refractivity contribution in [1.82, 2.24) is 5.32 Å². The van der Waals surface area contributed by atoms with E-state index >= 15 is 0 Å². The van der Waals surface area contributed by atoms with Crippen molar-refractivity contribution in [2.24, 2.45) is 0 Å². The van der Waals surface area contributed by atoms with Gasteiger partial charge >= 0.3 is 0 Å². The smallest absolute Gasteiger partial charge is 0.220 e. The van der Waals surface area contributed by atoms with Crippen LogP contribution in [0.4, 0.5) is 0 Å². The lowest BCUT2D eigenvalue weighted by Gasteiger charge is -2.40. The van der Waals surface area contributed by atoms with E-state index in [-0.39, 0.29) is 12.5 Å². The van der Waals surface area contributed by atoms with Crippen LogP contribution in [0.25, 0.3) is 0 Å². The van der Waals surface area contributed by atoms with Crippen molar-refractivity contribution >= 4 is 5.91 Å². The molecule has 0 aromatic rings. The minimum atomic E-state index is -1.56. The molecule has 9 nitrogen and oxygen atoms in total. The summed E-state index contributed by atoms with van der Waals surface area (Å²) in [4.78, 5) is 12.7. The molecule has 0 aromatic heterocycles. The Morgan fingerprint density at radius 2 is 1.25 bits per heavy atom. The second-order valence-corrected chi connectivity index (χ2v) is 12.7. The molecule has 260 valence electrons. The largest absolute Gasteiger partial charge is 0.394 e. The summed E-state index contributed by atoms with van der Waals surface area (Å²) in [5, 5.41) is 53.7. The maximum Gasteiger partial charge on any atom is 0.220 e. The average Bonchev–Trinajstić information content (AvgIpc) is 3.02. The number of nitrogens with one attached hydrogen (secondary N) is 1. The quantitative estimate of drug-likeness (QED) is 0.0495. The zero-order valence-electron chi connectivity index (χ0n) is 27.9. The van der Waals surface area contributed by atoms with Gasteiger partial charge < -0.3 is 40.3 Å². The van der Waals surface area contributed by atoms with Gasteiger partial charge in [0, 0.05) is 6.42 Å². The van der Waals surface area contributed by atoms with Crippen LogP contribution in [0.2, 0.25) is 0 Å². The van der Waals surface area contributed by atoms with E-state index in [1.54, 1.807) is 6.08 Å². The summed E-state index contributed by atoms with van der Waals surface area (Å²) in [6, 6.07) is -0.794. The zero-order chi connectivity index (χ0) is 32.4. The van der Waals surface area contributed by atoms with Gasteiger partial charge in [-0.15, -0.1) is 0 Å². The van der Waals surface area contributed by atoms with E-state index in [0.29, 0.717) is 6.42 Å². The van der Waals surface area contributed by atoms with E-state index in [9.17, 15) is 30.3 Å². The summed E-state index contributed by atoms with van der Waals surface area (Å²) in [5.41, 5.74) is 0. The molecule has 7 atom stereocenters. The van der Waals surface area contributed by atoms with E-state index in [0.717, 1.165) is 38.5 Å². The van der Waals surface area contributed by atoms with Gasteiger partial charge in [0.05, 0.1) is 25.4 Å². The Morgan fingerprint density at radius 1 is 0.750 bits per heavy atom. The SMILES string of the molecule is CCCCCCCCCCCCC/C=C/[C@@H](O)[C@H](CO[C@@H]1O[C@H](CO)[C@H](O)C(O)C1O)NC(=O)CCCCCCCCCC. The minimum absolute atomic E-state index is 0.184. The molecule has 1 saturated heterocycles. The molecule has 1 aliphatic rings. The van der Waals surface area contributed by atoms with Crippen LogP contribution in [-0.4, -0.2) is 87.5 Å². The molecule has 2 unspecified atom stereocenters. The molecule has 44 heavy (non-hydrogen) atoms. The fourth-order valence-corrected chi connectivity index (χ4v) is 5.62. The van der Waals surface area contributed by atoms with Gasteiger partial charge in [0.2, 0.25) is 5.91 Å². The van der Waals surface area contributed by atoms with Crippen LogP contribution >= 0.6 is 0 Å². The Kier molecular flexibility index (Phi) is 25.2. The van der Waals surface area contributed by atoms with Crippen LogP contribution in [0.15, 0.2) is 12.2 Å². The fourth-order valence-electron chi connectivity index (χ4n) is 5.62. The molecular weight excluding hydrogens is 562 g/mol. The summed E-state index contributed by atoms with van der Waals surface area (Å²) in [5.74, 6) is -0.184. The van der Waals surface area contributed by atoms with E-state index in [1.807, 2.05) is 6.08 Å². The van der Waals surface area contributed by atoms with E-state index in [1.165, 1.54) is 89.9 Å². The van der Waals surface area contributed by atoms with Crippen molar-refractivity contribution in [3.05, 3.63) is 12.2 Å². The number of unbranched alkanes of at least 4 members (excludes halogenated alkanes) is 18. The standard InChI is InChI=1S/C35H67NO8/c1-3-5-7-9-11-13-14-15-16-17-18-20-22-24-29(38)28(36-31(39)25-23-21-19-12-10-8-6-4-2)27-43-35-34(42)33(41)32(40)30(26-37)44-35/h22,24,28-30,32-35,37-38,40-42H,3-21,23,25-27H2,1-2H3,(H,36,39)/b24-22+/t28-,29+,30+,32-,33?,34?,35+/m0/s1. The third-order valence-corrected chi connectivity index (χ3v) is 8.61. The van der Waals surface area contributed by atoms with E-state index in [2.05, 4.69) is 19.2 Å². The topological polar surface area (TPSA) is 149 Å². The second kappa shape index (κ2) is 27.1. The van der Waals surface area contributed by atoms with Crippen molar-refractivity contribution in [3.8, 4) is 0 Å². The molecule has 1 heterocycles.